The molecule has 1 nitrogen and oxygen atoms in total. The molecule has 124 valence electrons. The molecule has 0 fully saturated rings. The zero-order chi connectivity index (χ0) is 17.5. The van der Waals surface area contributed by atoms with Crippen molar-refractivity contribution in [2.45, 2.75) is 0 Å². The van der Waals surface area contributed by atoms with Gasteiger partial charge in [0, 0.05) is 25.9 Å². The molecule has 1 aromatic heterocycles. The van der Waals surface area contributed by atoms with E-state index in [0.29, 0.717) is 0 Å². The van der Waals surface area contributed by atoms with Gasteiger partial charge in [-0.3, -0.25) is 0 Å². The summed E-state index contributed by atoms with van der Waals surface area (Å²) in [5.41, 5.74) is 11.6. The molecule has 2 heteroatoms. The number of nitrogen functional groups attached to an aromatic ring is 1. The number of nitrogens with two attached hydrogens (primary N) is 1. The molecule has 26 heavy (non-hydrogen) atoms. The van der Waals surface area contributed by atoms with Crippen LogP contribution in [0.5, 0.6) is 0 Å². The molecular weight excluding hydrogens is 334 g/mol. The minimum absolute atomic E-state index is 0.795. The second-order valence-electron chi connectivity index (χ2n) is 6.51. The molecule has 4 aromatic carbocycles. The molecule has 0 atom stereocenters. The number of benzene rings is 4. The average molecular weight is 351 g/mol. The SMILES string of the molecule is Nc1ccc(-c2ccc3sc4ccc(-c5ccccc5)cc4c3c2)cc1. The van der Waals surface area contributed by atoms with Gasteiger partial charge in [-0.1, -0.05) is 54.6 Å². The third-order valence-electron chi connectivity index (χ3n) is 4.82. The van der Waals surface area contributed by atoms with E-state index < -0.39 is 0 Å². The normalized spacial score (nSPS) is 11.2. The van der Waals surface area contributed by atoms with Gasteiger partial charge >= 0.3 is 0 Å². The summed E-state index contributed by atoms with van der Waals surface area (Å²) in [5.74, 6) is 0. The zero-order valence-electron chi connectivity index (χ0n) is 14.1. The number of anilines is 1. The van der Waals surface area contributed by atoms with Crippen LogP contribution in [0.3, 0.4) is 0 Å². The van der Waals surface area contributed by atoms with Crippen LogP contribution < -0.4 is 5.73 Å². The Bertz CT molecular complexity index is 1220. The Morgan fingerprint density at radius 2 is 1.00 bits per heavy atom. The van der Waals surface area contributed by atoms with Crippen LogP contribution in [0.4, 0.5) is 5.69 Å². The lowest BCUT2D eigenvalue weighted by atomic mass is 10.0. The lowest BCUT2D eigenvalue weighted by Crippen LogP contribution is -1.83. The molecule has 0 radical (unpaired) electrons. The van der Waals surface area contributed by atoms with Crippen LogP contribution in [0.25, 0.3) is 42.4 Å². The molecule has 0 bridgehead atoms. The van der Waals surface area contributed by atoms with Gasteiger partial charge in [-0.25, -0.2) is 0 Å². The summed E-state index contributed by atoms with van der Waals surface area (Å²) in [6.07, 6.45) is 0. The Balaban J connectivity index is 1.71. The van der Waals surface area contributed by atoms with Crippen molar-refractivity contribution in [3.8, 4) is 22.3 Å². The molecule has 5 aromatic rings. The molecule has 0 aliphatic heterocycles. The van der Waals surface area contributed by atoms with E-state index in [9.17, 15) is 0 Å². The largest absolute Gasteiger partial charge is 0.399 e. The number of thiophene rings is 1. The van der Waals surface area contributed by atoms with Crippen LogP contribution in [0, 0.1) is 0 Å². The van der Waals surface area contributed by atoms with Crippen molar-refractivity contribution in [3.63, 3.8) is 0 Å². The molecule has 5 rings (SSSR count). The number of hydrogen-bond acceptors (Lipinski definition) is 2. The lowest BCUT2D eigenvalue weighted by molar-refractivity contribution is 1.64. The third kappa shape index (κ3) is 2.56. The molecule has 0 aliphatic rings. The fraction of sp³-hybridized carbons (Fsp3) is 0. The first-order valence-corrected chi connectivity index (χ1v) is 9.47. The maximum absolute atomic E-state index is 5.83. The van der Waals surface area contributed by atoms with Gasteiger partial charge in [0.05, 0.1) is 0 Å². The van der Waals surface area contributed by atoms with E-state index in [0.717, 1.165) is 5.69 Å². The van der Waals surface area contributed by atoms with Crippen molar-refractivity contribution >= 4 is 37.2 Å². The maximum Gasteiger partial charge on any atom is 0.0355 e. The van der Waals surface area contributed by atoms with E-state index in [1.165, 1.54) is 42.4 Å². The summed E-state index contributed by atoms with van der Waals surface area (Å²) in [5, 5.41) is 2.64. The van der Waals surface area contributed by atoms with E-state index >= 15 is 0 Å². The Hall–Kier alpha value is -3.10. The minimum atomic E-state index is 0.795. The highest BCUT2D eigenvalue weighted by molar-refractivity contribution is 7.25. The molecule has 0 aliphatic carbocycles. The topological polar surface area (TPSA) is 26.0 Å². The summed E-state index contributed by atoms with van der Waals surface area (Å²) in [6.45, 7) is 0. The Morgan fingerprint density at radius 1 is 0.500 bits per heavy atom. The first-order valence-electron chi connectivity index (χ1n) is 8.66. The fourth-order valence-corrected chi connectivity index (χ4v) is 4.51. The van der Waals surface area contributed by atoms with Crippen molar-refractivity contribution < 1.29 is 0 Å². The van der Waals surface area contributed by atoms with E-state index in [-0.39, 0.29) is 0 Å². The van der Waals surface area contributed by atoms with Gasteiger partial charge in [0.15, 0.2) is 0 Å². The van der Waals surface area contributed by atoms with Crippen molar-refractivity contribution in [1.82, 2.24) is 0 Å². The van der Waals surface area contributed by atoms with Crippen molar-refractivity contribution in [1.29, 1.82) is 0 Å². The van der Waals surface area contributed by atoms with Crippen LogP contribution in [0.1, 0.15) is 0 Å². The van der Waals surface area contributed by atoms with Gasteiger partial charge < -0.3 is 5.73 Å². The molecule has 0 saturated carbocycles. The first kappa shape index (κ1) is 15.2. The quantitative estimate of drug-likeness (QED) is 0.341. The van der Waals surface area contributed by atoms with Crippen LogP contribution in [-0.4, -0.2) is 0 Å². The zero-order valence-corrected chi connectivity index (χ0v) is 15.0. The standard InChI is InChI=1S/C24H17NS/c25-20-10-6-17(7-11-20)19-9-13-24-22(15-19)21-14-18(8-12-23(21)26-24)16-4-2-1-3-5-16/h1-15H,25H2. The fourth-order valence-electron chi connectivity index (χ4n) is 3.44. The second-order valence-corrected chi connectivity index (χ2v) is 7.60. The number of hydrogen-bond donors (Lipinski definition) is 1. The Kier molecular flexibility index (Phi) is 3.51. The smallest absolute Gasteiger partial charge is 0.0355 e. The van der Waals surface area contributed by atoms with E-state index in [1.54, 1.807) is 0 Å². The first-order chi connectivity index (χ1) is 12.8. The third-order valence-corrected chi connectivity index (χ3v) is 5.97. The predicted molar refractivity (Wildman–Crippen MR) is 115 cm³/mol. The molecule has 0 saturated heterocycles. The van der Waals surface area contributed by atoms with Crippen molar-refractivity contribution in [2.75, 3.05) is 5.73 Å². The molecule has 1 heterocycles. The second kappa shape index (κ2) is 6.01. The maximum atomic E-state index is 5.83. The van der Waals surface area contributed by atoms with Gasteiger partial charge in [0.25, 0.3) is 0 Å². The van der Waals surface area contributed by atoms with Gasteiger partial charge in [-0.2, -0.15) is 0 Å². The van der Waals surface area contributed by atoms with Gasteiger partial charge in [0.2, 0.25) is 0 Å². The molecule has 0 unspecified atom stereocenters. The highest BCUT2D eigenvalue weighted by Gasteiger charge is 2.08. The monoisotopic (exact) mass is 351 g/mol. The predicted octanol–water partition coefficient (Wildman–Crippen LogP) is 6.97. The minimum Gasteiger partial charge on any atom is -0.399 e. The Morgan fingerprint density at radius 3 is 1.58 bits per heavy atom. The van der Waals surface area contributed by atoms with Crippen molar-refractivity contribution in [2.24, 2.45) is 0 Å². The number of fused-ring (bicyclic) bond motifs is 3. The summed E-state index contributed by atoms with van der Waals surface area (Å²) in [4.78, 5) is 0. The number of rotatable bonds is 2. The average Bonchev–Trinajstić information content (AvgIpc) is 3.06. The Labute approximate surface area is 156 Å². The highest BCUT2D eigenvalue weighted by Crippen LogP contribution is 2.38. The van der Waals surface area contributed by atoms with E-state index in [1.807, 2.05) is 23.5 Å². The van der Waals surface area contributed by atoms with Gasteiger partial charge in [-0.05, 0) is 58.7 Å². The van der Waals surface area contributed by atoms with Crippen molar-refractivity contribution in [3.05, 3.63) is 91.0 Å². The van der Waals surface area contributed by atoms with Gasteiger partial charge in [-0.15, -0.1) is 11.3 Å². The molecule has 0 amide bonds. The summed E-state index contributed by atoms with van der Waals surface area (Å²) in [7, 11) is 0. The molecule has 0 spiro atoms. The van der Waals surface area contributed by atoms with E-state index in [4.69, 9.17) is 5.73 Å². The highest BCUT2D eigenvalue weighted by atomic mass is 32.1. The van der Waals surface area contributed by atoms with E-state index in [2.05, 4.69) is 78.9 Å². The summed E-state index contributed by atoms with van der Waals surface area (Å²) < 4.78 is 2.65. The summed E-state index contributed by atoms with van der Waals surface area (Å²) in [6, 6.07) is 32.1. The van der Waals surface area contributed by atoms with Crippen LogP contribution in [0.15, 0.2) is 91.0 Å². The van der Waals surface area contributed by atoms with Crippen LogP contribution in [-0.2, 0) is 0 Å². The lowest BCUT2D eigenvalue weighted by Gasteiger charge is -2.04. The molecular formula is C24H17NS. The van der Waals surface area contributed by atoms with Crippen LogP contribution >= 0.6 is 11.3 Å². The van der Waals surface area contributed by atoms with Crippen LogP contribution in [0.2, 0.25) is 0 Å². The molecule has 2 N–H and O–H groups in total. The summed E-state index contributed by atoms with van der Waals surface area (Å²) >= 11 is 1.85. The van der Waals surface area contributed by atoms with Gasteiger partial charge in [0.1, 0.15) is 0 Å².